The Morgan fingerprint density at radius 1 is 1.54 bits per heavy atom. The zero-order valence-corrected chi connectivity index (χ0v) is 7.58. The fourth-order valence-electron chi connectivity index (χ4n) is 0.900. The average molecular weight is 179 g/mol. The number of nitrogens with zero attached hydrogens (tertiary/aromatic N) is 1. The standard InChI is InChI=1S/C9H13N3O/c1-10-5-6-12-9(13)8-3-2-4-11-7-8/h2-4,7,10H,5-6H2,1H3,(H,12,13). The van der Waals surface area contributed by atoms with Crippen LogP contribution < -0.4 is 10.6 Å². The Kier molecular flexibility index (Phi) is 3.92. The fourth-order valence-corrected chi connectivity index (χ4v) is 0.900. The normalized spacial score (nSPS) is 9.62. The Labute approximate surface area is 77.4 Å². The van der Waals surface area contributed by atoms with Crippen LogP contribution in [0.15, 0.2) is 24.5 Å². The summed E-state index contributed by atoms with van der Waals surface area (Å²) in [4.78, 5) is 15.2. The van der Waals surface area contributed by atoms with Gasteiger partial charge in [-0.1, -0.05) is 0 Å². The molecule has 1 heterocycles. The lowest BCUT2D eigenvalue weighted by Gasteiger charge is -2.03. The second-order valence-electron chi connectivity index (χ2n) is 2.60. The highest BCUT2D eigenvalue weighted by Gasteiger charge is 2.02. The van der Waals surface area contributed by atoms with E-state index in [1.54, 1.807) is 24.5 Å². The van der Waals surface area contributed by atoms with Gasteiger partial charge >= 0.3 is 0 Å². The molecule has 0 radical (unpaired) electrons. The number of aromatic nitrogens is 1. The van der Waals surface area contributed by atoms with E-state index < -0.39 is 0 Å². The zero-order valence-electron chi connectivity index (χ0n) is 7.58. The number of carbonyl (C=O) groups is 1. The first-order valence-corrected chi connectivity index (χ1v) is 4.17. The van der Waals surface area contributed by atoms with Gasteiger partial charge in [0.2, 0.25) is 0 Å². The highest BCUT2D eigenvalue weighted by atomic mass is 16.1. The minimum Gasteiger partial charge on any atom is -0.351 e. The van der Waals surface area contributed by atoms with Crippen LogP contribution in [0.1, 0.15) is 10.4 Å². The van der Waals surface area contributed by atoms with E-state index in [9.17, 15) is 4.79 Å². The van der Waals surface area contributed by atoms with Crippen LogP contribution in [0.5, 0.6) is 0 Å². The summed E-state index contributed by atoms with van der Waals surface area (Å²) in [5, 5.41) is 5.70. The van der Waals surface area contributed by atoms with Crippen LogP contribution in [-0.2, 0) is 0 Å². The number of carbonyl (C=O) groups excluding carboxylic acids is 1. The maximum Gasteiger partial charge on any atom is 0.252 e. The van der Waals surface area contributed by atoms with Crippen LogP contribution >= 0.6 is 0 Å². The second kappa shape index (κ2) is 5.27. The smallest absolute Gasteiger partial charge is 0.252 e. The van der Waals surface area contributed by atoms with Crippen molar-refractivity contribution in [2.24, 2.45) is 0 Å². The van der Waals surface area contributed by atoms with Gasteiger partial charge in [-0.3, -0.25) is 9.78 Å². The van der Waals surface area contributed by atoms with Gasteiger partial charge in [-0.25, -0.2) is 0 Å². The van der Waals surface area contributed by atoms with Gasteiger partial charge < -0.3 is 10.6 Å². The summed E-state index contributed by atoms with van der Waals surface area (Å²) in [6.07, 6.45) is 3.19. The largest absolute Gasteiger partial charge is 0.351 e. The summed E-state index contributed by atoms with van der Waals surface area (Å²) in [7, 11) is 1.84. The highest BCUT2D eigenvalue weighted by molar-refractivity contribution is 5.93. The Balaban J connectivity index is 2.40. The molecule has 1 aromatic heterocycles. The van der Waals surface area contributed by atoms with E-state index in [-0.39, 0.29) is 5.91 Å². The Hall–Kier alpha value is -1.42. The van der Waals surface area contributed by atoms with Gasteiger partial charge in [0, 0.05) is 25.5 Å². The van der Waals surface area contributed by atoms with E-state index in [0.717, 1.165) is 6.54 Å². The molecule has 0 saturated carbocycles. The minimum atomic E-state index is -0.0802. The number of amides is 1. The molecule has 0 aromatic carbocycles. The number of likely N-dealkylation sites (N-methyl/N-ethyl adjacent to an activating group) is 1. The lowest BCUT2D eigenvalue weighted by Crippen LogP contribution is -2.30. The number of hydrogen-bond acceptors (Lipinski definition) is 3. The topological polar surface area (TPSA) is 54.0 Å². The van der Waals surface area contributed by atoms with Crippen LogP contribution in [0.3, 0.4) is 0 Å². The molecule has 1 amide bonds. The molecular formula is C9H13N3O. The zero-order chi connectivity index (χ0) is 9.52. The summed E-state index contributed by atoms with van der Waals surface area (Å²) in [5.74, 6) is -0.0802. The molecule has 4 nitrogen and oxygen atoms in total. The molecule has 1 aromatic rings. The molecule has 0 fully saturated rings. The van der Waals surface area contributed by atoms with E-state index in [0.29, 0.717) is 12.1 Å². The molecule has 13 heavy (non-hydrogen) atoms. The first kappa shape index (κ1) is 9.67. The average Bonchev–Trinajstić information content (AvgIpc) is 2.19. The van der Waals surface area contributed by atoms with Crippen molar-refractivity contribution < 1.29 is 4.79 Å². The van der Waals surface area contributed by atoms with Gasteiger partial charge in [-0.15, -0.1) is 0 Å². The van der Waals surface area contributed by atoms with E-state index in [4.69, 9.17) is 0 Å². The van der Waals surface area contributed by atoms with Crippen molar-refractivity contribution in [1.29, 1.82) is 0 Å². The summed E-state index contributed by atoms with van der Waals surface area (Å²) in [5.41, 5.74) is 0.596. The van der Waals surface area contributed by atoms with Gasteiger partial charge in [0.25, 0.3) is 5.91 Å². The molecule has 0 aliphatic heterocycles. The Morgan fingerprint density at radius 3 is 3.00 bits per heavy atom. The van der Waals surface area contributed by atoms with Crippen LogP contribution in [0.25, 0.3) is 0 Å². The van der Waals surface area contributed by atoms with E-state index in [2.05, 4.69) is 15.6 Å². The molecule has 4 heteroatoms. The van der Waals surface area contributed by atoms with Gasteiger partial charge in [0.15, 0.2) is 0 Å². The lowest BCUT2D eigenvalue weighted by molar-refractivity contribution is 0.0954. The molecule has 0 aliphatic carbocycles. The molecule has 70 valence electrons. The molecule has 0 saturated heterocycles. The number of nitrogens with one attached hydrogen (secondary N) is 2. The Morgan fingerprint density at radius 2 is 2.38 bits per heavy atom. The molecule has 1 rings (SSSR count). The minimum absolute atomic E-state index is 0.0802. The van der Waals surface area contributed by atoms with Gasteiger partial charge in [-0.2, -0.15) is 0 Å². The van der Waals surface area contributed by atoms with Crippen LogP contribution in [-0.4, -0.2) is 31.0 Å². The van der Waals surface area contributed by atoms with Crippen LogP contribution in [0, 0.1) is 0 Å². The molecule has 0 aliphatic rings. The first-order chi connectivity index (χ1) is 6.34. The molecule has 0 spiro atoms. The molecule has 0 bridgehead atoms. The summed E-state index contributed by atoms with van der Waals surface area (Å²) < 4.78 is 0. The lowest BCUT2D eigenvalue weighted by atomic mass is 10.3. The third-order valence-electron chi connectivity index (χ3n) is 1.58. The third-order valence-corrected chi connectivity index (χ3v) is 1.58. The van der Waals surface area contributed by atoms with Gasteiger partial charge in [-0.05, 0) is 19.2 Å². The van der Waals surface area contributed by atoms with E-state index >= 15 is 0 Å². The Bertz CT molecular complexity index is 261. The predicted octanol–water partition coefficient (Wildman–Crippen LogP) is 0.0308. The van der Waals surface area contributed by atoms with Crippen molar-refractivity contribution in [2.45, 2.75) is 0 Å². The maximum atomic E-state index is 11.3. The van der Waals surface area contributed by atoms with Crippen molar-refractivity contribution in [3.63, 3.8) is 0 Å². The van der Waals surface area contributed by atoms with Crippen LogP contribution in [0.4, 0.5) is 0 Å². The fraction of sp³-hybridized carbons (Fsp3) is 0.333. The monoisotopic (exact) mass is 179 g/mol. The first-order valence-electron chi connectivity index (χ1n) is 4.17. The quantitative estimate of drug-likeness (QED) is 0.641. The van der Waals surface area contributed by atoms with Gasteiger partial charge in [0.05, 0.1) is 5.56 Å². The number of pyridine rings is 1. The van der Waals surface area contributed by atoms with Crippen molar-refractivity contribution in [3.05, 3.63) is 30.1 Å². The van der Waals surface area contributed by atoms with Crippen molar-refractivity contribution >= 4 is 5.91 Å². The molecule has 2 N–H and O–H groups in total. The third kappa shape index (κ3) is 3.21. The van der Waals surface area contributed by atoms with E-state index in [1.807, 2.05) is 7.05 Å². The maximum absolute atomic E-state index is 11.3. The van der Waals surface area contributed by atoms with E-state index in [1.165, 1.54) is 0 Å². The van der Waals surface area contributed by atoms with Crippen molar-refractivity contribution in [1.82, 2.24) is 15.6 Å². The number of rotatable bonds is 4. The second-order valence-corrected chi connectivity index (χ2v) is 2.60. The van der Waals surface area contributed by atoms with Gasteiger partial charge in [0.1, 0.15) is 0 Å². The van der Waals surface area contributed by atoms with Crippen molar-refractivity contribution in [2.75, 3.05) is 20.1 Å². The van der Waals surface area contributed by atoms with Crippen LogP contribution in [0.2, 0.25) is 0 Å². The predicted molar refractivity (Wildman–Crippen MR) is 50.5 cm³/mol. The molecule has 0 atom stereocenters. The summed E-state index contributed by atoms with van der Waals surface area (Å²) in [6, 6.07) is 3.48. The summed E-state index contributed by atoms with van der Waals surface area (Å²) in [6.45, 7) is 1.40. The summed E-state index contributed by atoms with van der Waals surface area (Å²) >= 11 is 0. The highest BCUT2D eigenvalue weighted by Crippen LogP contribution is 1.93. The molecule has 0 unspecified atom stereocenters. The SMILES string of the molecule is CNCCNC(=O)c1cccnc1. The number of hydrogen-bond donors (Lipinski definition) is 2. The molecular weight excluding hydrogens is 166 g/mol. The van der Waals surface area contributed by atoms with Crippen molar-refractivity contribution in [3.8, 4) is 0 Å².